The quantitative estimate of drug-likeness (QED) is 0.0849. The molecule has 1 radical (unpaired) electrons. The van der Waals surface area contributed by atoms with Crippen molar-refractivity contribution in [2.24, 2.45) is 11.8 Å². The van der Waals surface area contributed by atoms with Gasteiger partial charge < -0.3 is 5.11 Å². The average Bonchev–Trinajstić information content (AvgIpc) is 3.74. The van der Waals surface area contributed by atoms with Gasteiger partial charge in [0.05, 0.1) is 5.76 Å². The van der Waals surface area contributed by atoms with Gasteiger partial charge in [0.15, 0.2) is 5.78 Å². The fraction of sp³-hybridized carbons (Fsp3) is 0.268. The van der Waals surface area contributed by atoms with E-state index < -0.39 is 0 Å². The number of ketones is 1. The molecule has 6 aromatic rings. The van der Waals surface area contributed by atoms with Gasteiger partial charge in [-0.2, -0.15) is 11.3 Å². The Balaban J connectivity index is 0.000000269. The summed E-state index contributed by atoms with van der Waals surface area (Å²) in [5.74, 6) is 0.547. The normalized spacial score (nSPS) is 11.5. The summed E-state index contributed by atoms with van der Waals surface area (Å²) in [5.41, 5.74) is 4.52. The zero-order chi connectivity index (χ0) is 32.6. The van der Waals surface area contributed by atoms with Crippen LogP contribution in [0, 0.1) is 24.8 Å². The molecule has 0 unspecified atom stereocenters. The van der Waals surface area contributed by atoms with Gasteiger partial charge in [0.2, 0.25) is 0 Å². The SMILES string of the molecule is CCC(CC)C(=O)/C=C(\O)C(CC)CC.Cc1cc2c(s1)c(-c1cc(-c3ccc(-c4ccccc4)s3)ccn1)[c-]c1ccccc12.[Ir]. The standard InChI is InChI=1S/C28H18NS2.C13H24O2.Ir/c1-18-15-23-22-10-6-5-9-20(22)16-24(28(23)30-18)25-17-21(13-14-29-25)27-12-11-26(31-27)19-7-3-2-4-8-19;1-5-10(6-2)12(14)9-13(15)11(7-3)8-4;/h2-15,17H,1H3;9-11,14H,5-8H2,1-4H3;/q-1;;/b;12-9-;. The second-order valence-electron chi connectivity index (χ2n) is 11.6. The third kappa shape index (κ3) is 8.55. The van der Waals surface area contributed by atoms with E-state index in [1.54, 1.807) is 0 Å². The van der Waals surface area contributed by atoms with E-state index in [0.717, 1.165) is 42.3 Å². The van der Waals surface area contributed by atoms with Crippen molar-refractivity contribution in [2.45, 2.75) is 60.3 Å². The third-order valence-electron chi connectivity index (χ3n) is 8.61. The maximum Gasteiger partial charge on any atom is 0.162 e. The summed E-state index contributed by atoms with van der Waals surface area (Å²) in [6.45, 7) is 10.2. The molecule has 3 heterocycles. The topological polar surface area (TPSA) is 50.2 Å². The van der Waals surface area contributed by atoms with Crippen LogP contribution in [0.2, 0.25) is 0 Å². The predicted molar refractivity (Wildman–Crippen MR) is 199 cm³/mol. The van der Waals surface area contributed by atoms with Crippen LogP contribution in [-0.4, -0.2) is 15.9 Å². The van der Waals surface area contributed by atoms with Crippen LogP contribution in [0.1, 0.15) is 58.3 Å². The molecule has 245 valence electrons. The van der Waals surface area contributed by atoms with Crippen molar-refractivity contribution in [2.75, 3.05) is 0 Å². The zero-order valence-corrected chi connectivity index (χ0v) is 31.7. The molecule has 0 fully saturated rings. The number of aliphatic hydroxyl groups is 1. The molecule has 0 aliphatic carbocycles. The van der Waals surface area contributed by atoms with Gasteiger partial charge in [-0.15, -0.1) is 28.9 Å². The second-order valence-corrected chi connectivity index (χ2v) is 13.9. The minimum Gasteiger partial charge on any atom is -0.512 e. The van der Waals surface area contributed by atoms with Crippen molar-refractivity contribution in [3.8, 4) is 32.1 Å². The Labute approximate surface area is 300 Å². The van der Waals surface area contributed by atoms with Crippen molar-refractivity contribution in [3.05, 3.63) is 114 Å². The van der Waals surface area contributed by atoms with Gasteiger partial charge in [-0.3, -0.25) is 9.78 Å². The minimum atomic E-state index is 0. The number of nitrogens with zero attached hydrogens (tertiary/aromatic N) is 1. The van der Waals surface area contributed by atoms with E-state index in [2.05, 4.69) is 97.9 Å². The molecule has 6 rings (SSSR count). The molecule has 0 spiro atoms. The summed E-state index contributed by atoms with van der Waals surface area (Å²) in [6, 6.07) is 33.7. The number of hydrogen-bond donors (Lipinski definition) is 1. The van der Waals surface area contributed by atoms with Crippen LogP contribution in [0.25, 0.3) is 53.0 Å². The van der Waals surface area contributed by atoms with Crippen LogP contribution < -0.4 is 0 Å². The molecule has 6 heteroatoms. The van der Waals surface area contributed by atoms with Crippen LogP contribution in [0.4, 0.5) is 0 Å². The minimum absolute atomic E-state index is 0. The summed E-state index contributed by atoms with van der Waals surface area (Å²) in [6.07, 6.45) is 6.82. The van der Waals surface area contributed by atoms with E-state index >= 15 is 0 Å². The Morgan fingerprint density at radius 1 is 0.787 bits per heavy atom. The molecule has 0 saturated heterocycles. The van der Waals surface area contributed by atoms with E-state index in [4.69, 9.17) is 4.98 Å². The molecule has 47 heavy (non-hydrogen) atoms. The van der Waals surface area contributed by atoms with Crippen LogP contribution >= 0.6 is 22.7 Å². The van der Waals surface area contributed by atoms with E-state index in [9.17, 15) is 9.90 Å². The zero-order valence-electron chi connectivity index (χ0n) is 27.7. The Bertz CT molecular complexity index is 1950. The fourth-order valence-electron chi connectivity index (χ4n) is 5.85. The first-order chi connectivity index (χ1) is 22.4. The first-order valence-electron chi connectivity index (χ1n) is 16.3. The number of allylic oxidation sites excluding steroid dienone is 2. The number of hydrogen-bond acceptors (Lipinski definition) is 5. The molecule has 3 aromatic heterocycles. The molecule has 0 aliphatic heterocycles. The van der Waals surface area contributed by atoms with E-state index in [1.807, 2.05) is 56.6 Å². The van der Waals surface area contributed by atoms with Gasteiger partial charge in [-0.05, 0) is 71.5 Å². The monoisotopic (exact) mass is 837 g/mol. The molecular formula is C41H42IrNO2S2-. The summed E-state index contributed by atoms with van der Waals surface area (Å²) < 4.78 is 1.26. The first kappa shape index (κ1) is 36.4. The largest absolute Gasteiger partial charge is 0.512 e. The van der Waals surface area contributed by atoms with E-state index in [0.29, 0.717) is 0 Å². The summed E-state index contributed by atoms with van der Waals surface area (Å²) in [4.78, 5) is 20.3. The molecule has 0 aliphatic rings. The number of aromatic nitrogens is 1. The third-order valence-corrected chi connectivity index (χ3v) is 10.9. The maximum absolute atomic E-state index is 11.7. The smallest absolute Gasteiger partial charge is 0.162 e. The molecule has 0 atom stereocenters. The Morgan fingerprint density at radius 2 is 1.43 bits per heavy atom. The summed E-state index contributed by atoms with van der Waals surface area (Å²) in [5, 5.41) is 13.4. The van der Waals surface area contributed by atoms with E-state index in [-0.39, 0.29) is 43.5 Å². The van der Waals surface area contributed by atoms with E-state index in [1.165, 1.54) is 47.3 Å². The van der Waals surface area contributed by atoms with Crippen molar-refractivity contribution in [1.82, 2.24) is 4.98 Å². The number of benzene rings is 3. The maximum atomic E-state index is 11.7. The summed E-state index contributed by atoms with van der Waals surface area (Å²) in [7, 11) is 0. The molecular weight excluding hydrogens is 795 g/mol. The number of pyridine rings is 1. The van der Waals surface area contributed by atoms with Crippen LogP contribution in [0.5, 0.6) is 0 Å². The van der Waals surface area contributed by atoms with Crippen molar-refractivity contribution < 1.29 is 30.0 Å². The molecule has 0 amide bonds. The summed E-state index contributed by atoms with van der Waals surface area (Å²) >= 11 is 3.64. The molecule has 3 aromatic carbocycles. The Morgan fingerprint density at radius 3 is 2.11 bits per heavy atom. The number of fused-ring (bicyclic) bond motifs is 3. The van der Waals surface area contributed by atoms with Crippen molar-refractivity contribution in [1.29, 1.82) is 0 Å². The molecule has 1 N–H and O–H groups in total. The molecule has 0 bridgehead atoms. The number of aryl methyl sites for hydroxylation is 1. The van der Waals surface area contributed by atoms with Crippen LogP contribution in [0.15, 0.2) is 103 Å². The molecule has 0 saturated carbocycles. The molecule has 3 nitrogen and oxygen atoms in total. The van der Waals surface area contributed by atoms with Crippen LogP contribution in [0.3, 0.4) is 0 Å². The number of rotatable bonds is 10. The second kappa shape index (κ2) is 17.1. The van der Waals surface area contributed by atoms with Crippen molar-refractivity contribution in [3.63, 3.8) is 0 Å². The van der Waals surface area contributed by atoms with Gasteiger partial charge in [0.25, 0.3) is 0 Å². The first-order valence-corrected chi connectivity index (χ1v) is 17.9. The van der Waals surface area contributed by atoms with Crippen molar-refractivity contribution >= 4 is 49.3 Å². The van der Waals surface area contributed by atoms with Gasteiger partial charge >= 0.3 is 0 Å². The number of carbonyl (C=O) groups excluding carboxylic acids is 1. The fourth-order valence-corrected chi connectivity index (χ4v) is 7.89. The number of carbonyl (C=O) groups is 1. The average molecular weight is 837 g/mol. The van der Waals surface area contributed by atoms with Gasteiger partial charge in [0, 0.05) is 59.7 Å². The number of aliphatic hydroxyl groups excluding tert-OH is 1. The predicted octanol–water partition coefficient (Wildman–Crippen LogP) is 12.5. The van der Waals surface area contributed by atoms with Gasteiger partial charge in [-0.25, -0.2) is 0 Å². The van der Waals surface area contributed by atoms with Gasteiger partial charge in [0.1, 0.15) is 0 Å². The Hall–Kier alpha value is -3.41. The Kier molecular flexibility index (Phi) is 13.3. The number of thiophene rings is 2. The van der Waals surface area contributed by atoms with Crippen LogP contribution in [-0.2, 0) is 24.9 Å². The van der Waals surface area contributed by atoms with Gasteiger partial charge in [-0.1, -0.05) is 105 Å².